The minimum atomic E-state index is -0.622. The molecule has 0 fully saturated rings. The molecule has 4 nitrogen and oxygen atoms in total. The highest BCUT2D eigenvalue weighted by Gasteiger charge is 2.11. The number of rotatable bonds is 16. The Kier molecular flexibility index (Phi) is 15.4. The van der Waals surface area contributed by atoms with Crippen molar-refractivity contribution in [2.24, 2.45) is 0 Å². The molecular formula is C19H36O4. The van der Waals surface area contributed by atoms with E-state index in [1.165, 1.54) is 57.8 Å². The Morgan fingerprint density at radius 2 is 1.43 bits per heavy atom. The van der Waals surface area contributed by atoms with E-state index in [-0.39, 0.29) is 6.29 Å². The van der Waals surface area contributed by atoms with E-state index in [0.29, 0.717) is 6.61 Å². The Balaban J connectivity index is 3.33. The Morgan fingerprint density at radius 3 is 1.96 bits per heavy atom. The first kappa shape index (κ1) is 22.1. The highest BCUT2D eigenvalue weighted by atomic mass is 16.8. The summed E-state index contributed by atoms with van der Waals surface area (Å²) in [5.41, 5.74) is 0. The molecule has 0 bridgehead atoms. The van der Waals surface area contributed by atoms with Crippen LogP contribution in [0.4, 0.5) is 0 Å². The number of unbranched alkanes of at least 4 members (excludes halogenated alkanes) is 9. The highest BCUT2D eigenvalue weighted by molar-refractivity contribution is 5.81. The van der Waals surface area contributed by atoms with Crippen LogP contribution in [0.15, 0.2) is 12.7 Å². The maximum Gasteiger partial charge on any atom is 0.332 e. The lowest BCUT2D eigenvalue weighted by atomic mass is 10.1. The number of hydrogen-bond acceptors (Lipinski definition) is 4. The normalized spacial score (nSPS) is 13.5. The fraction of sp³-hybridized carbons (Fsp3) is 0.842. The van der Waals surface area contributed by atoms with Crippen LogP contribution in [0.1, 0.15) is 85.0 Å². The van der Waals surface area contributed by atoms with Crippen LogP contribution in [0.2, 0.25) is 0 Å². The van der Waals surface area contributed by atoms with Gasteiger partial charge in [0.25, 0.3) is 0 Å². The lowest BCUT2D eigenvalue weighted by Crippen LogP contribution is -2.24. The van der Waals surface area contributed by atoms with E-state index < -0.39 is 12.3 Å². The van der Waals surface area contributed by atoms with Gasteiger partial charge < -0.3 is 14.2 Å². The van der Waals surface area contributed by atoms with Crippen LogP contribution in [-0.4, -0.2) is 25.2 Å². The number of esters is 1. The third-order valence-corrected chi connectivity index (χ3v) is 3.68. The predicted molar refractivity (Wildman–Crippen MR) is 94.1 cm³/mol. The number of carbonyl (C=O) groups is 1. The minimum Gasteiger partial charge on any atom is -0.433 e. The molecular weight excluding hydrogens is 292 g/mol. The molecule has 0 radical (unpaired) electrons. The molecule has 0 saturated heterocycles. The second-order valence-electron chi connectivity index (χ2n) is 5.97. The topological polar surface area (TPSA) is 44.8 Å². The summed E-state index contributed by atoms with van der Waals surface area (Å²) in [6.45, 7) is 9.76. The van der Waals surface area contributed by atoms with Crippen LogP contribution in [0.3, 0.4) is 0 Å². The van der Waals surface area contributed by atoms with Gasteiger partial charge in [-0.3, -0.25) is 0 Å². The molecule has 23 heavy (non-hydrogen) atoms. The maximum absolute atomic E-state index is 11.0. The predicted octanol–water partition coefficient (Wildman–Crippen LogP) is 5.36. The zero-order valence-electron chi connectivity index (χ0n) is 15.4. The first-order chi connectivity index (χ1) is 11.1. The van der Waals surface area contributed by atoms with Gasteiger partial charge in [-0.05, 0) is 20.3 Å². The van der Waals surface area contributed by atoms with E-state index in [1.54, 1.807) is 6.92 Å². The van der Waals surface area contributed by atoms with Gasteiger partial charge in [0, 0.05) is 12.7 Å². The SMILES string of the molecule is C=CC(=O)OC(C)OC(C)OCCCCCCCCCCCC. The molecule has 136 valence electrons. The number of hydrogen-bond donors (Lipinski definition) is 0. The third kappa shape index (κ3) is 15.8. The van der Waals surface area contributed by atoms with Crippen molar-refractivity contribution in [3.05, 3.63) is 12.7 Å². The number of carbonyl (C=O) groups excluding carboxylic acids is 1. The first-order valence-electron chi connectivity index (χ1n) is 9.20. The molecule has 0 aromatic rings. The Labute approximate surface area is 142 Å². The summed E-state index contributed by atoms with van der Waals surface area (Å²) in [5.74, 6) is -0.487. The van der Waals surface area contributed by atoms with Crippen molar-refractivity contribution in [1.82, 2.24) is 0 Å². The fourth-order valence-electron chi connectivity index (χ4n) is 2.39. The van der Waals surface area contributed by atoms with Crippen molar-refractivity contribution < 1.29 is 19.0 Å². The Hall–Kier alpha value is -0.870. The molecule has 0 aromatic carbocycles. The van der Waals surface area contributed by atoms with Gasteiger partial charge in [0.05, 0.1) is 0 Å². The Morgan fingerprint density at radius 1 is 0.913 bits per heavy atom. The molecule has 0 N–H and O–H groups in total. The van der Waals surface area contributed by atoms with Crippen LogP contribution in [-0.2, 0) is 19.0 Å². The summed E-state index contributed by atoms with van der Waals surface area (Å²) >= 11 is 0. The van der Waals surface area contributed by atoms with E-state index in [1.807, 2.05) is 6.92 Å². The van der Waals surface area contributed by atoms with Gasteiger partial charge in [-0.25, -0.2) is 4.79 Å². The van der Waals surface area contributed by atoms with E-state index >= 15 is 0 Å². The second kappa shape index (κ2) is 16.0. The van der Waals surface area contributed by atoms with E-state index in [2.05, 4.69) is 13.5 Å². The molecule has 2 unspecified atom stereocenters. The molecule has 0 amide bonds. The van der Waals surface area contributed by atoms with Crippen molar-refractivity contribution in [3.8, 4) is 0 Å². The van der Waals surface area contributed by atoms with Crippen LogP contribution in [0, 0.1) is 0 Å². The van der Waals surface area contributed by atoms with Gasteiger partial charge in [0.15, 0.2) is 6.29 Å². The van der Waals surface area contributed by atoms with Crippen LogP contribution in [0.5, 0.6) is 0 Å². The minimum absolute atomic E-state index is 0.374. The molecule has 0 spiro atoms. The molecule has 2 atom stereocenters. The standard InChI is InChI=1S/C19H36O4/c1-5-7-8-9-10-11-12-13-14-15-16-21-17(3)22-18(4)23-19(20)6-2/h6,17-18H,2,5,7-16H2,1,3-4H3. The van der Waals surface area contributed by atoms with Gasteiger partial charge in [-0.2, -0.15) is 0 Å². The molecule has 0 aromatic heterocycles. The number of ether oxygens (including phenoxy) is 3. The molecule has 0 heterocycles. The molecule has 0 aliphatic heterocycles. The lowest BCUT2D eigenvalue weighted by molar-refractivity contribution is -0.226. The van der Waals surface area contributed by atoms with Gasteiger partial charge in [0.2, 0.25) is 6.29 Å². The summed E-state index contributed by atoms with van der Waals surface area (Å²) < 4.78 is 15.9. The van der Waals surface area contributed by atoms with Gasteiger partial charge >= 0.3 is 5.97 Å². The van der Waals surface area contributed by atoms with Crippen molar-refractivity contribution in [2.45, 2.75) is 97.6 Å². The van der Waals surface area contributed by atoms with Crippen LogP contribution in [0.25, 0.3) is 0 Å². The quantitative estimate of drug-likeness (QED) is 0.165. The average molecular weight is 328 g/mol. The summed E-state index contributed by atoms with van der Waals surface area (Å²) in [7, 11) is 0. The summed E-state index contributed by atoms with van der Waals surface area (Å²) in [6, 6.07) is 0. The highest BCUT2D eigenvalue weighted by Crippen LogP contribution is 2.11. The van der Waals surface area contributed by atoms with Crippen LogP contribution < -0.4 is 0 Å². The molecule has 0 aliphatic rings. The summed E-state index contributed by atoms with van der Waals surface area (Å²) in [4.78, 5) is 11.0. The first-order valence-corrected chi connectivity index (χ1v) is 9.20. The van der Waals surface area contributed by atoms with E-state index in [9.17, 15) is 4.79 Å². The van der Waals surface area contributed by atoms with Crippen molar-refractivity contribution in [1.29, 1.82) is 0 Å². The van der Waals surface area contributed by atoms with Crippen LogP contribution >= 0.6 is 0 Å². The fourth-order valence-corrected chi connectivity index (χ4v) is 2.39. The lowest BCUT2D eigenvalue weighted by Gasteiger charge is -2.19. The van der Waals surface area contributed by atoms with E-state index in [4.69, 9.17) is 14.2 Å². The molecule has 4 heteroatoms. The van der Waals surface area contributed by atoms with Gasteiger partial charge in [-0.15, -0.1) is 0 Å². The second-order valence-corrected chi connectivity index (χ2v) is 5.97. The smallest absolute Gasteiger partial charge is 0.332 e. The summed E-state index contributed by atoms with van der Waals surface area (Å²) in [5, 5.41) is 0. The van der Waals surface area contributed by atoms with Crippen molar-refractivity contribution in [3.63, 3.8) is 0 Å². The van der Waals surface area contributed by atoms with Gasteiger partial charge in [-0.1, -0.05) is 71.3 Å². The zero-order valence-corrected chi connectivity index (χ0v) is 15.4. The van der Waals surface area contributed by atoms with Gasteiger partial charge in [0.1, 0.15) is 0 Å². The molecule has 0 rings (SSSR count). The van der Waals surface area contributed by atoms with Crippen molar-refractivity contribution in [2.75, 3.05) is 6.61 Å². The Bertz CT molecular complexity index is 291. The maximum atomic E-state index is 11.0. The monoisotopic (exact) mass is 328 g/mol. The van der Waals surface area contributed by atoms with Crippen molar-refractivity contribution >= 4 is 5.97 Å². The average Bonchev–Trinajstić information content (AvgIpc) is 2.52. The summed E-state index contributed by atoms with van der Waals surface area (Å²) in [6.07, 6.45) is 13.2. The largest absolute Gasteiger partial charge is 0.433 e. The third-order valence-electron chi connectivity index (χ3n) is 3.68. The van der Waals surface area contributed by atoms with E-state index in [0.717, 1.165) is 12.5 Å². The zero-order chi connectivity index (χ0) is 17.3. The molecule has 0 aliphatic carbocycles. The molecule has 0 saturated carbocycles.